The minimum Gasteiger partial charge on any atom is -0.481 e. The van der Waals surface area contributed by atoms with Crippen LogP contribution >= 0.6 is 11.3 Å². The van der Waals surface area contributed by atoms with E-state index in [1.807, 2.05) is 26.3 Å². The summed E-state index contributed by atoms with van der Waals surface area (Å²) in [5.74, 6) is -1.56. The molecule has 0 unspecified atom stereocenters. The summed E-state index contributed by atoms with van der Waals surface area (Å²) in [7, 11) is 1.86. The highest BCUT2D eigenvalue weighted by atomic mass is 32.1. The molecule has 0 aliphatic carbocycles. The Balaban J connectivity index is 2.01. The lowest BCUT2D eigenvalue weighted by molar-refractivity contribution is -0.152. The van der Waals surface area contributed by atoms with Gasteiger partial charge in [-0.1, -0.05) is 0 Å². The molecule has 3 rings (SSSR count). The van der Waals surface area contributed by atoms with E-state index in [1.54, 1.807) is 15.1 Å². The van der Waals surface area contributed by atoms with Gasteiger partial charge in [-0.05, 0) is 20.3 Å². The Labute approximate surface area is 143 Å². The molecule has 3 heterocycles. The van der Waals surface area contributed by atoms with E-state index in [2.05, 4.69) is 10.1 Å². The van der Waals surface area contributed by atoms with Crippen molar-refractivity contribution < 1.29 is 14.7 Å². The first-order valence-electron chi connectivity index (χ1n) is 7.79. The molecular formula is C16H20N4O3S. The van der Waals surface area contributed by atoms with E-state index in [0.29, 0.717) is 18.7 Å². The highest BCUT2D eigenvalue weighted by Gasteiger charge is 2.42. The summed E-state index contributed by atoms with van der Waals surface area (Å²) in [5.41, 5.74) is 5.13. The van der Waals surface area contributed by atoms with Crippen molar-refractivity contribution >= 4 is 23.2 Å². The number of likely N-dealkylation sites (tertiary alicyclic amines) is 1. The molecule has 2 aromatic heterocycles. The average Bonchev–Trinajstić information content (AvgIpc) is 3.13. The number of aliphatic carboxylic acids is 1. The van der Waals surface area contributed by atoms with Gasteiger partial charge in [-0.25, -0.2) is 4.98 Å². The number of carboxylic acids is 1. The molecule has 1 saturated heterocycles. The summed E-state index contributed by atoms with van der Waals surface area (Å²) in [4.78, 5) is 30.3. The van der Waals surface area contributed by atoms with Gasteiger partial charge >= 0.3 is 5.97 Å². The SMILES string of the molecule is Cc1nn(C)c(C)c1CN1C(=O)CC[C@H](C(=O)O)[C@H]1c1cscn1. The number of carboxylic acid groups (broad SMARTS) is 1. The van der Waals surface area contributed by atoms with E-state index in [1.165, 1.54) is 11.3 Å². The first-order valence-corrected chi connectivity index (χ1v) is 8.74. The molecule has 1 amide bonds. The predicted molar refractivity (Wildman–Crippen MR) is 88.4 cm³/mol. The lowest BCUT2D eigenvalue weighted by atomic mass is 9.86. The summed E-state index contributed by atoms with van der Waals surface area (Å²) in [6.07, 6.45) is 0.591. The molecule has 0 bridgehead atoms. The van der Waals surface area contributed by atoms with Gasteiger partial charge in [0.2, 0.25) is 5.91 Å². The van der Waals surface area contributed by atoms with Crippen molar-refractivity contribution in [3.05, 3.63) is 33.5 Å². The molecule has 1 fully saturated rings. The number of piperidine rings is 1. The minimum atomic E-state index is -0.884. The molecule has 128 valence electrons. The molecule has 0 spiro atoms. The van der Waals surface area contributed by atoms with Crippen LogP contribution in [0.5, 0.6) is 0 Å². The van der Waals surface area contributed by atoms with Gasteiger partial charge in [-0.15, -0.1) is 11.3 Å². The number of aromatic nitrogens is 3. The van der Waals surface area contributed by atoms with Crippen LogP contribution in [0.4, 0.5) is 0 Å². The fourth-order valence-corrected chi connectivity index (χ4v) is 3.93. The van der Waals surface area contributed by atoms with Crippen LogP contribution in [-0.4, -0.2) is 36.6 Å². The molecule has 7 nitrogen and oxygen atoms in total. The second-order valence-electron chi connectivity index (χ2n) is 6.14. The third-order valence-corrected chi connectivity index (χ3v) is 5.37. The monoisotopic (exact) mass is 348 g/mol. The van der Waals surface area contributed by atoms with Crippen LogP contribution in [0.15, 0.2) is 10.9 Å². The maximum absolute atomic E-state index is 12.6. The first kappa shape index (κ1) is 16.6. The molecular weight excluding hydrogens is 328 g/mol. The molecule has 2 atom stereocenters. The second-order valence-corrected chi connectivity index (χ2v) is 6.85. The van der Waals surface area contributed by atoms with Gasteiger partial charge in [0.1, 0.15) is 0 Å². The van der Waals surface area contributed by atoms with E-state index in [0.717, 1.165) is 17.0 Å². The van der Waals surface area contributed by atoms with Crippen LogP contribution < -0.4 is 0 Å². The number of thiazole rings is 1. The van der Waals surface area contributed by atoms with Crippen molar-refractivity contribution in [1.29, 1.82) is 0 Å². The van der Waals surface area contributed by atoms with Crippen LogP contribution in [0.2, 0.25) is 0 Å². The van der Waals surface area contributed by atoms with Gasteiger partial charge < -0.3 is 10.0 Å². The van der Waals surface area contributed by atoms with E-state index in [4.69, 9.17) is 0 Å². The maximum Gasteiger partial charge on any atom is 0.309 e. The van der Waals surface area contributed by atoms with Crippen LogP contribution in [-0.2, 0) is 23.2 Å². The number of carbonyl (C=O) groups excluding carboxylic acids is 1. The molecule has 1 N–H and O–H groups in total. The fraction of sp³-hybridized carbons (Fsp3) is 0.500. The van der Waals surface area contributed by atoms with Gasteiger partial charge in [-0.2, -0.15) is 5.10 Å². The molecule has 8 heteroatoms. The third kappa shape index (κ3) is 2.82. The van der Waals surface area contributed by atoms with Crippen molar-refractivity contribution in [2.75, 3.05) is 0 Å². The zero-order valence-corrected chi connectivity index (χ0v) is 14.7. The Bertz CT molecular complexity index is 769. The number of aryl methyl sites for hydroxylation is 2. The fourth-order valence-electron chi connectivity index (χ4n) is 3.35. The van der Waals surface area contributed by atoms with Gasteiger partial charge in [0.05, 0.1) is 28.9 Å². The number of carbonyl (C=O) groups is 2. The third-order valence-electron chi connectivity index (χ3n) is 4.77. The standard InChI is InChI=1S/C16H20N4O3S/c1-9-12(10(2)19(3)18-9)6-20-14(21)5-4-11(16(22)23)15(20)13-7-24-8-17-13/h7-8,11,15H,4-6H2,1-3H3,(H,22,23)/t11-,15-/m0/s1. The van der Waals surface area contributed by atoms with E-state index < -0.39 is 17.9 Å². The van der Waals surface area contributed by atoms with Crippen molar-refractivity contribution in [2.45, 2.75) is 39.3 Å². The Hall–Kier alpha value is -2.22. The van der Waals surface area contributed by atoms with Crippen molar-refractivity contribution in [3.8, 4) is 0 Å². The average molecular weight is 348 g/mol. The summed E-state index contributed by atoms with van der Waals surface area (Å²) in [6, 6.07) is -0.533. The zero-order chi connectivity index (χ0) is 17.4. The number of rotatable bonds is 4. The molecule has 24 heavy (non-hydrogen) atoms. The van der Waals surface area contributed by atoms with Crippen molar-refractivity contribution in [1.82, 2.24) is 19.7 Å². The number of nitrogens with zero attached hydrogens (tertiary/aromatic N) is 4. The van der Waals surface area contributed by atoms with Crippen molar-refractivity contribution in [3.63, 3.8) is 0 Å². The Morgan fingerprint density at radius 2 is 2.21 bits per heavy atom. The Kier molecular flexibility index (Phi) is 4.40. The molecule has 0 saturated carbocycles. The van der Waals surface area contributed by atoms with Crippen LogP contribution in [0.1, 0.15) is 41.5 Å². The normalized spacial score (nSPS) is 21.3. The molecule has 1 aliphatic rings. The van der Waals surface area contributed by atoms with E-state index >= 15 is 0 Å². The van der Waals surface area contributed by atoms with E-state index in [-0.39, 0.29) is 12.3 Å². The summed E-state index contributed by atoms with van der Waals surface area (Å²) < 4.78 is 1.78. The Morgan fingerprint density at radius 3 is 2.75 bits per heavy atom. The topological polar surface area (TPSA) is 88.3 Å². The van der Waals surface area contributed by atoms with E-state index in [9.17, 15) is 14.7 Å². The van der Waals surface area contributed by atoms with Crippen LogP contribution in [0.25, 0.3) is 0 Å². The Morgan fingerprint density at radius 1 is 1.46 bits per heavy atom. The predicted octanol–water partition coefficient (Wildman–Crippen LogP) is 2.06. The first-order chi connectivity index (χ1) is 11.4. The van der Waals surface area contributed by atoms with Crippen molar-refractivity contribution in [2.24, 2.45) is 13.0 Å². The highest BCUT2D eigenvalue weighted by Crippen LogP contribution is 2.38. The summed E-state index contributed by atoms with van der Waals surface area (Å²) in [5, 5.41) is 15.8. The number of hydrogen-bond acceptors (Lipinski definition) is 5. The highest BCUT2D eigenvalue weighted by molar-refractivity contribution is 7.07. The van der Waals surface area contributed by atoms with Gasteiger partial charge in [0.15, 0.2) is 0 Å². The lowest BCUT2D eigenvalue weighted by Gasteiger charge is -2.38. The number of amides is 1. The molecule has 0 aromatic carbocycles. The largest absolute Gasteiger partial charge is 0.481 e. The van der Waals surface area contributed by atoms with Crippen LogP contribution in [0, 0.1) is 19.8 Å². The zero-order valence-electron chi connectivity index (χ0n) is 13.9. The minimum absolute atomic E-state index is 0.0341. The quantitative estimate of drug-likeness (QED) is 0.914. The van der Waals surface area contributed by atoms with Gasteiger partial charge in [0.25, 0.3) is 0 Å². The molecule has 0 radical (unpaired) electrons. The van der Waals surface area contributed by atoms with Gasteiger partial charge in [0, 0.05) is 36.7 Å². The smallest absolute Gasteiger partial charge is 0.309 e. The summed E-state index contributed by atoms with van der Waals surface area (Å²) in [6.45, 7) is 4.22. The second kappa shape index (κ2) is 6.35. The van der Waals surface area contributed by atoms with Crippen LogP contribution in [0.3, 0.4) is 0 Å². The lowest BCUT2D eigenvalue weighted by Crippen LogP contribution is -2.45. The molecule has 2 aromatic rings. The summed E-state index contributed by atoms with van der Waals surface area (Å²) >= 11 is 1.41. The molecule has 1 aliphatic heterocycles. The number of hydrogen-bond donors (Lipinski definition) is 1. The maximum atomic E-state index is 12.6. The van der Waals surface area contributed by atoms with Gasteiger partial charge in [-0.3, -0.25) is 14.3 Å².